The van der Waals surface area contributed by atoms with Gasteiger partial charge in [-0.2, -0.15) is 0 Å². The molecule has 3 heteroatoms. The number of hydrogen-bond donors (Lipinski definition) is 1. The van der Waals surface area contributed by atoms with Gasteiger partial charge < -0.3 is 5.11 Å². The molecule has 0 aliphatic rings. The lowest BCUT2D eigenvalue weighted by atomic mass is 9.97. The summed E-state index contributed by atoms with van der Waals surface area (Å²) < 4.78 is 0. The summed E-state index contributed by atoms with van der Waals surface area (Å²) in [4.78, 5) is 16.5. The van der Waals surface area contributed by atoms with Crippen LogP contribution in [0.2, 0.25) is 0 Å². The van der Waals surface area contributed by atoms with Gasteiger partial charge >= 0.3 is 0 Å². The van der Waals surface area contributed by atoms with Gasteiger partial charge in [0.15, 0.2) is 11.9 Å². The average molecular weight is 263 g/mol. The zero-order valence-electron chi connectivity index (χ0n) is 10.7. The maximum absolute atomic E-state index is 12.5. The highest BCUT2D eigenvalue weighted by atomic mass is 16.3. The van der Waals surface area contributed by atoms with Crippen LogP contribution >= 0.6 is 0 Å². The SMILES string of the molecule is O=C(c1cccc2ccccc12)C(O)c1ccccn1. The van der Waals surface area contributed by atoms with Crippen LogP contribution in [0.3, 0.4) is 0 Å². The molecule has 0 aliphatic heterocycles. The quantitative estimate of drug-likeness (QED) is 0.738. The molecule has 3 rings (SSSR count). The summed E-state index contributed by atoms with van der Waals surface area (Å²) in [5, 5.41) is 12.0. The van der Waals surface area contributed by atoms with Crippen molar-refractivity contribution in [2.24, 2.45) is 0 Å². The van der Waals surface area contributed by atoms with Gasteiger partial charge in [0, 0.05) is 11.8 Å². The van der Waals surface area contributed by atoms with Crippen molar-refractivity contribution in [3.63, 3.8) is 0 Å². The third-order valence-electron chi connectivity index (χ3n) is 3.27. The number of rotatable bonds is 3. The van der Waals surface area contributed by atoms with E-state index in [0.29, 0.717) is 11.3 Å². The van der Waals surface area contributed by atoms with Crippen LogP contribution < -0.4 is 0 Å². The van der Waals surface area contributed by atoms with Gasteiger partial charge in [-0.3, -0.25) is 9.78 Å². The fourth-order valence-electron chi connectivity index (χ4n) is 2.26. The number of ketones is 1. The van der Waals surface area contributed by atoms with Crippen molar-refractivity contribution in [3.8, 4) is 0 Å². The van der Waals surface area contributed by atoms with Crippen LogP contribution in [0.25, 0.3) is 10.8 Å². The Labute approximate surface area is 116 Å². The van der Waals surface area contributed by atoms with Crippen molar-refractivity contribution < 1.29 is 9.90 Å². The molecular weight excluding hydrogens is 250 g/mol. The molecule has 0 aliphatic carbocycles. The fourth-order valence-corrected chi connectivity index (χ4v) is 2.26. The molecule has 0 amide bonds. The normalized spacial score (nSPS) is 12.2. The fraction of sp³-hybridized carbons (Fsp3) is 0.0588. The molecular formula is C17H13NO2. The molecule has 0 saturated heterocycles. The first kappa shape index (κ1) is 12.5. The maximum atomic E-state index is 12.5. The molecule has 1 aromatic heterocycles. The topological polar surface area (TPSA) is 50.2 Å². The van der Waals surface area contributed by atoms with Crippen molar-refractivity contribution in [2.45, 2.75) is 6.10 Å². The average Bonchev–Trinajstić information content (AvgIpc) is 2.54. The molecule has 20 heavy (non-hydrogen) atoms. The number of benzene rings is 2. The largest absolute Gasteiger partial charge is 0.379 e. The van der Waals surface area contributed by atoms with Crippen LogP contribution in [0.15, 0.2) is 66.9 Å². The van der Waals surface area contributed by atoms with Crippen molar-refractivity contribution in [3.05, 3.63) is 78.1 Å². The highest BCUT2D eigenvalue weighted by Gasteiger charge is 2.21. The zero-order valence-corrected chi connectivity index (χ0v) is 10.7. The Morgan fingerprint density at radius 1 is 0.950 bits per heavy atom. The van der Waals surface area contributed by atoms with Crippen LogP contribution in [0, 0.1) is 0 Å². The molecule has 1 heterocycles. The van der Waals surface area contributed by atoms with E-state index >= 15 is 0 Å². The summed E-state index contributed by atoms with van der Waals surface area (Å²) >= 11 is 0. The number of aromatic nitrogens is 1. The minimum absolute atomic E-state index is 0.333. The second-order valence-electron chi connectivity index (χ2n) is 4.55. The van der Waals surface area contributed by atoms with Gasteiger partial charge in [0.1, 0.15) is 0 Å². The molecule has 0 radical (unpaired) electrons. The summed E-state index contributed by atoms with van der Waals surface area (Å²) in [6, 6.07) is 18.3. The standard InChI is InChI=1S/C17H13NO2/c19-16(17(20)15-10-3-4-11-18-15)14-9-5-7-12-6-1-2-8-13(12)14/h1-11,17,20H. The minimum atomic E-state index is -1.23. The highest BCUT2D eigenvalue weighted by molar-refractivity contribution is 6.10. The number of carbonyl (C=O) groups excluding carboxylic acids is 1. The molecule has 1 N–H and O–H groups in total. The number of pyridine rings is 1. The van der Waals surface area contributed by atoms with Crippen molar-refractivity contribution in [2.75, 3.05) is 0 Å². The number of carbonyl (C=O) groups is 1. The Bertz CT molecular complexity index is 748. The number of aliphatic hydroxyl groups excluding tert-OH is 1. The summed E-state index contributed by atoms with van der Waals surface area (Å²) in [5.74, 6) is -0.333. The van der Waals surface area contributed by atoms with E-state index in [0.717, 1.165) is 10.8 Å². The predicted octanol–water partition coefficient (Wildman–Crippen LogP) is 3.15. The maximum Gasteiger partial charge on any atom is 0.198 e. The molecule has 1 atom stereocenters. The zero-order chi connectivity index (χ0) is 13.9. The first-order chi connectivity index (χ1) is 9.77. The van der Waals surface area contributed by atoms with E-state index in [4.69, 9.17) is 0 Å². The first-order valence-electron chi connectivity index (χ1n) is 6.38. The van der Waals surface area contributed by atoms with E-state index < -0.39 is 6.10 Å². The summed E-state index contributed by atoms with van der Waals surface area (Å²) in [6.45, 7) is 0. The van der Waals surface area contributed by atoms with E-state index in [-0.39, 0.29) is 5.78 Å². The number of fused-ring (bicyclic) bond motifs is 1. The third kappa shape index (κ3) is 2.19. The van der Waals surface area contributed by atoms with E-state index in [9.17, 15) is 9.90 Å². The molecule has 0 fully saturated rings. The van der Waals surface area contributed by atoms with Crippen LogP contribution in [0.4, 0.5) is 0 Å². The van der Waals surface area contributed by atoms with Crippen LogP contribution in [-0.2, 0) is 0 Å². The Balaban J connectivity index is 2.05. The lowest BCUT2D eigenvalue weighted by Crippen LogP contribution is -2.13. The molecule has 0 saturated carbocycles. The van der Waals surface area contributed by atoms with Gasteiger partial charge in [0.2, 0.25) is 0 Å². The van der Waals surface area contributed by atoms with Gasteiger partial charge in [0.05, 0.1) is 5.69 Å². The molecule has 98 valence electrons. The summed E-state index contributed by atoms with van der Waals surface area (Å²) in [5.41, 5.74) is 0.881. The van der Waals surface area contributed by atoms with Crippen LogP contribution in [0.1, 0.15) is 22.2 Å². The minimum Gasteiger partial charge on any atom is -0.379 e. The van der Waals surface area contributed by atoms with Crippen molar-refractivity contribution in [1.29, 1.82) is 0 Å². The van der Waals surface area contributed by atoms with E-state index in [1.165, 1.54) is 0 Å². The Kier molecular flexibility index (Phi) is 3.27. The van der Waals surface area contributed by atoms with Crippen LogP contribution in [0.5, 0.6) is 0 Å². The van der Waals surface area contributed by atoms with Gasteiger partial charge in [0.25, 0.3) is 0 Å². The second kappa shape index (κ2) is 5.23. The second-order valence-corrected chi connectivity index (χ2v) is 4.55. The monoisotopic (exact) mass is 263 g/mol. The first-order valence-corrected chi connectivity index (χ1v) is 6.38. The molecule has 0 spiro atoms. The lowest BCUT2D eigenvalue weighted by molar-refractivity contribution is 0.0741. The highest BCUT2D eigenvalue weighted by Crippen LogP contribution is 2.23. The van der Waals surface area contributed by atoms with Crippen molar-refractivity contribution >= 4 is 16.6 Å². The molecule has 2 aromatic carbocycles. The number of aliphatic hydroxyl groups is 1. The van der Waals surface area contributed by atoms with Gasteiger partial charge in [-0.05, 0) is 22.9 Å². The molecule has 0 bridgehead atoms. The Morgan fingerprint density at radius 2 is 1.70 bits per heavy atom. The van der Waals surface area contributed by atoms with E-state index in [1.54, 1.807) is 30.5 Å². The number of Topliss-reactive ketones (excluding diaryl/α,β-unsaturated/α-hetero) is 1. The summed E-state index contributed by atoms with van der Waals surface area (Å²) in [7, 11) is 0. The van der Waals surface area contributed by atoms with Crippen molar-refractivity contribution in [1.82, 2.24) is 4.98 Å². The third-order valence-corrected chi connectivity index (χ3v) is 3.27. The molecule has 3 aromatic rings. The van der Waals surface area contributed by atoms with Gasteiger partial charge in [-0.25, -0.2) is 0 Å². The number of hydrogen-bond acceptors (Lipinski definition) is 3. The Hall–Kier alpha value is -2.52. The van der Waals surface area contributed by atoms with Gasteiger partial charge in [-0.15, -0.1) is 0 Å². The predicted molar refractivity (Wildman–Crippen MR) is 77.5 cm³/mol. The Morgan fingerprint density at radius 3 is 2.50 bits per heavy atom. The lowest BCUT2D eigenvalue weighted by Gasteiger charge is -2.11. The molecule has 1 unspecified atom stereocenters. The van der Waals surface area contributed by atoms with E-state index in [2.05, 4.69) is 4.98 Å². The molecule has 3 nitrogen and oxygen atoms in total. The summed E-state index contributed by atoms with van der Waals surface area (Å²) in [6.07, 6.45) is 0.330. The van der Waals surface area contributed by atoms with Gasteiger partial charge in [-0.1, -0.05) is 48.5 Å². The van der Waals surface area contributed by atoms with E-state index in [1.807, 2.05) is 36.4 Å². The number of nitrogens with zero attached hydrogens (tertiary/aromatic N) is 1. The smallest absolute Gasteiger partial charge is 0.198 e. The van der Waals surface area contributed by atoms with Crippen LogP contribution in [-0.4, -0.2) is 15.9 Å².